The molecule has 0 saturated carbocycles. The van der Waals surface area contributed by atoms with Gasteiger partial charge in [-0.15, -0.1) is 0 Å². The number of halogens is 1. The van der Waals surface area contributed by atoms with Crippen molar-refractivity contribution in [1.29, 1.82) is 0 Å². The molecule has 0 aliphatic rings. The number of nitrogens with one attached hydrogen (secondary N) is 2. The molecule has 5 heteroatoms. The highest BCUT2D eigenvalue weighted by Gasteiger charge is 2.05. The number of benzene rings is 1. The largest absolute Gasteiger partial charge is 0.339 e. The van der Waals surface area contributed by atoms with E-state index in [9.17, 15) is 0 Å². The van der Waals surface area contributed by atoms with Crippen molar-refractivity contribution in [2.45, 2.75) is 0 Å². The third-order valence-corrected chi connectivity index (χ3v) is 3.07. The molecule has 0 atom stereocenters. The zero-order chi connectivity index (χ0) is 14.5. The molecule has 2 aromatic heterocycles. The van der Waals surface area contributed by atoms with Crippen LogP contribution in [0, 0.1) is 0 Å². The van der Waals surface area contributed by atoms with Crippen molar-refractivity contribution < 1.29 is 0 Å². The smallest absolute Gasteiger partial charge is 0.130 e. The van der Waals surface area contributed by atoms with Crippen LogP contribution in [0.1, 0.15) is 0 Å². The van der Waals surface area contributed by atoms with E-state index in [1.54, 1.807) is 12.4 Å². The Morgan fingerprint density at radius 1 is 0.714 bits per heavy atom. The SMILES string of the molecule is Clc1ccc(Nc2ccccn2)c(Nc2ccccn2)c1. The quantitative estimate of drug-likeness (QED) is 0.738. The lowest BCUT2D eigenvalue weighted by atomic mass is 10.2. The van der Waals surface area contributed by atoms with E-state index in [-0.39, 0.29) is 0 Å². The van der Waals surface area contributed by atoms with Gasteiger partial charge in [0.05, 0.1) is 11.4 Å². The van der Waals surface area contributed by atoms with Gasteiger partial charge in [0, 0.05) is 17.4 Å². The van der Waals surface area contributed by atoms with Crippen molar-refractivity contribution in [3.8, 4) is 0 Å². The van der Waals surface area contributed by atoms with E-state index in [4.69, 9.17) is 11.6 Å². The summed E-state index contributed by atoms with van der Waals surface area (Å²) in [5, 5.41) is 7.16. The monoisotopic (exact) mass is 296 g/mol. The van der Waals surface area contributed by atoms with E-state index in [1.165, 1.54) is 0 Å². The fourth-order valence-corrected chi connectivity index (χ4v) is 2.05. The van der Waals surface area contributed by atoms with Crippen LogP contribution in [-0.4, -0.2) is 9.97 Å². The molecular weight excluding hydrogens is 284 g/mol. The summed E-state index contributed by atoms with van der Waals surface area (Å²) in [7, 11) is 0. The van der Waals surface area contributed by atoms with Crippen LogP contribution in [-0.2, 0) is 0 Å². The van der Waals surface area contributed by atoms with Gasteiger partial charge in [-0.1, -0.05) is 23.7 Å². The Morgan fingerprint density at radius 2 is 1.33 bits per heavy atom. The first-order valence-corrected chi connectivity index (χ1v) is 6.85. The summed E-state index contributed by atoms with van der Waals surface area (Å²) in [6, 6.07) is 17.0. The number of rotatable bonds is 4. The highest BCUT2D eigenvalue weighted by atomic mass is 35.5. The third kappa shape index (κ3) is 3.49. The maximum absolute atomic E-state index is 6.08. The fourth-order valence-electron chi connectivity index (χ4n) is 1.88. The molecule has 3 aromatic rings. The second kappa shape index (κ2) is 6.24. The van der Waals surface area contributed by atoms with Gasteiger partial charge in [-0.2, -0.15) is 0 Å². The van der Waals surface area contributed by atoms with Crippen LogP contribution in [0.25, 0.3) is 0 Å². The number of hydrogen-bond acceptors (Lipinski definition) is 4. The first-order valence-electron chi connectivity index (χ1n) is 6.47. The van der Waals surface area contributed by atoms with Crippen LogP contribution in [0.4, 0.5) is 23.0 Å². The van der Waals surface area contributed by atoms with E-state index in [2.05, 4.69) is 20.6 Å². The number of hydrogen-bond donors (Lipinski definition) is 2. The first-order chi connectivity index (χ1) is 10.3. The minimum Gasteiger partial charge on any atom is -0.339 e. The van der Waals surface area contributed by atoms with Gasteiger partial charge in [-0.05, 0) is 42.5 Å². The van der Waals surface area contributed by atoms with Crippen LogP contribution in [0.15, 0.2) is 67.0 Å². The lowest BCUT2D eigenvalue weighted by Crippen LogP contribution is -1.99. The van der Waals surface area contributed by atoms with Gasteiger partial charge in [0.2, 0.25) is 0 Å². The van der Waals surface area contributed by atoms with Crippen LogP contribution in [0.3, 0.4) is 0 Å². The minimum atomic E-state index is 0.653. The van der Waals surface area contributed by atoms with Gasteiger partial charge in [-0.25, -0.2) is 9.97 Å². The Kier molecular flexibility index (Phi) is 3.98. The van der Waals surface area contributed by atoms with E-state index in [0.717, 1.165) is 23.0 Å². The maximum atomic E-state index is 6.08. The minimum absolute atomic E-state index is 0.653. The molecule has 21 heavy (non-hydrogen) atoms. The molecule has 0 amide bonds. The summed E-state index contributed by atoms with van der Waals surface area (Å²) in [6.45, 7) is 0. The first kappa shape index (κ1) is 13.4. The Labute approximate surface area is 127 Å². The zero-order valence-corrected chi connectivity index (χ0v) is 11.9. The van der Waals surface area contributed by atoms with E-state index < -0.39 is 0 Å². The van der Waals surface area contributed by atoms with Crippen molar-refractivity contribution in [3.63, 3.8) is 0 Å². The zero-order valence-electron chi connectivity index (χ0n) is 11.1. The van der Waals surface area contributed by atoms with Crippen molar-refractivity contribution >= 4 is 34.6 Å². The van der Waals surface area contributed by atoms with Crippen LogP contribution in [0.2, 0.25) is 5.02 Å². The standard InChI is InChI=1S/C16H13ClN4/c17-12-7-8-13(20-15-5-1-3-9-18-15)14(11-12)21-16-6-2-4-10-19-16/h1-11H,(H,18,20)(H,19,21). The van der Waals surface area contributed by atoms with Crippen molar-refractivity contribution in [2.24, 2.45) is 0 Å². The van der Waals surface area contributed by atoms with Gasteiger partial charge >= 0.3 is 0 Å². The molecule has 0 saturated heterocycles. The van der Waals surface area contributed by atoms with Gasteiger partial charge in [0.15, 0.2) is 0 Å². The lowest BCUT2D eigenvalue weighted by Gasteiger charge is -2.13. The summed E-state index contributed by atoms with van der Waals surface area (Å²) in [4.78, 5) is 8.51. The van der Waals surface area contributed by atoms with Gasteiger partial charge in [0.1, 0.15) is 11.6 Å². The Balaban J connectivity index is 1.90. The number of anilines is 4. The predicted octanol–water partition coefficient (Wildman–Crippen LogP) is 4.62. The number of aromatic nitrogens is 2. The molecule has 0 fully saturated rings. The lowest BCUT2D eigenvalue weighted by molar-refractivity contribution is 1.29. The molecule has 0 spiro atoms. The molecule has 0 unspecified atom stereocenters. The molecule has 0 aliphatic heterocycles. The van der Waals surface area contributed by atoms with Gasteiger partial charge < -0.3 is 10.6 Å². The average Bonchev–Trinajstić information content (AvgIpc) is 2.52. The number of pyridine rings is 2. The molecule has 2 heterocycles. The summed E-state index contributed by atoms with van der Waals surface area (Å²) < 4.78 is 0. The third-order valence-electron chi connectivity index (χ3n) is 2.84. The molecule has 2 N–H and O–H groups in total. The highest BCUT2D eigenvalue weighted by Crippen LogP contribution is 2.30. The predicted molar refractivity (Wildman–Crippen MR) is 86.5 cm³/mol. The fraction of sp³-hybridized carbons (Fsp3) is 0. The van der Waals surface area contributed by atoms with E-state index in [1.807, 2.05) is 54.6 Å². The molecule has 104 valence electrons. The van der Waals surface area contributed by atoms with Crippen molar-refractivity contribution in [2.75, 3.05) is 10.6 Å². The van der Waals surface area contributed by atoms with Crippen LogP contribution < -0.4 is 10.6 Å². The molecule has 1 aromatic carbocycles. The second-order valence-electron chi connectivity index (χ2n) is 4.37. The molecule has 0 bridgehead atoms. The molecule has 0 radical (unpaired) electrons. The molecular formula is C16H13ClN4. The van der Waals surface area contributed by atoms with E-state index in [0.29, 0.717) is 5.02 Å². The summed E-state index contributed by atoms with van der Waals surface area (Å²) in [6.07, 6.45) is 3.48. The highest BCUT2D eigenvalue weighted by molar-refractivity contribution is 6.31. The molecule has 3 rings (SSSR count). The normalized spacial score (nSPS) is 10.1. The van der Waals surface area contributed by atoms with Crippen LogP contribution >= 0.6 is 11.6 Å². The Hall–Kier alpha value is -2.59. The summed E-state index contributed by atoms with van der Waals surface area (Å²) in [5.74, 6) is 1.52. The molecule has 0 aliphatic carbocycles. The maximum Gasteiger partial charge on any atom is 0.130 e. The van der Waals surface area contributed by atoms with Crippen molar-refractivity contribution in [1.82, 2.24) is 9.97 Å². The summed E-state index contributed by atoms with van der Waals surface area (Å²) in [5.41, 5.74) is 1.72. The Morgan fingerprint density at radius 3 is 1.90 bits per heavy atom. The van der Waals surface area contributed by atoms with E-state index >= 15 is 0 Å². The second-order valence-corrected chi connectivity index (χ2v) is 4.81. The van der Waals surface area contributed by atoms with Gasteiger partial charge in [-0.3, -0.25) is 0 Å². The van der Waals surface area contributed by atoms with Crippen molar-refractivity contribution in [3.05, 3.63) is 72.0 Å². The topological polar surface area (TPSA) is 49.8 Å². The van der Waals surface area contributed by atoms with Crippen LogP contribution in [0.5, 0.6) is 0 Å². The van der Waals surface area contributed by atoms with Gasteiger partial charge in [0.25, 0.3) is 0 Å². The summed E-state index contributed by atoms with van der Waals surface area (Å²) >= 11 is 6.08. The molecule has 4 nitrogen and oxygen atoms in total. The number of nitrogens with zero attached hydrogens (tertiary/aromatic N) is 2. The Bertz CT molecular complexity index is 717. The average molecular weight is 297 g/mol.